The fraction of sp³-hybridized carbons (Fsp3) is 0.625. The van der Waals surface area contributed by atoms with Crippen molar-refractivity contribution in [3.05, 3.63) is 11.4 Å². The van der Waals surface area contributed by atoms with Gasteiger partial charge in [-0.05, 0) is 27.7 Å². The van der Waals surface area contributed by atoms with Gasteiger partial charge in [0.15, 0.2) is 0 Å². The van der Waals surface area contributed by atoms with Crippen LogP contribution in [0.5, 0.6) is 0 Å². The van der Waals surface area contributed by atoms with Gasteiger partial charge in [0.2, 0.25) is 0 Å². The summed E-state index contributed by atoms with van der Waals surface area (Å²) in [5.74, 6) is 0. The molecule has 1 heterocycles. The number of halogens is 3. The smallest absolute Gasteiger partial charge is 0.445 e. The average Bonchev–Trinajstić information content (AvgIpc) is 2.24. The van der Waals surface area contributed by atoms with E-state index in [1.807, 2.05) is 13.8 Å². The van der Waals surface area contributed by atoms with E-state index in [4.69, 9.17) is 0 Å². The van der Waals surface area contributed by atoms with E-state index in [1.165, 1.54) is 18.5 Å². The average molecular weight is 205 g/mol. The lowest BCUT2D eigenvalue weighted by atomic mass is 9.78. The number of hydrogen-bond acceptors (Lipinski definition) is 1. The first kappa shape index (κ1) is 11.1. The molecule has 0 aliphatic heterocycles. The Hall–Kier alpha value is -0.935. The summed E-state index contributed by atoms with van der Waals surface area (Å²) < 4.78 is 39.2. The molecule has 1 aromatic rings. The predicted molar refractivity (Wildman–Crippen MR) is 50.8 cm³/mol. The second-order valence-corrected chi connectivity index (χ2v) is 3.70. The highest BCUT2D eigenvalue weighted by Gasteiger charge is 2.32. The van der Waals surface area contributed by atoms with E-state index in [0.29, 0.717) is 0 Å². The minimum atomic E-state index is -4.95. The van der Waals surface area contributed by atoms with Crippen LogP contribution in [-0.2, 0) is 0 Å². The fourth-order valence-electron chi connectivity index (χ4n) is 1.65. The van der Waals surface area contributed by atoms with E-state index in [9.17, 15) is 12.9 Å². The minimum Gasteiger partial charge on any atom is -0.445 e. The highest BCUT2D eigenvalue weighted by atomic mass is 19.4. The van der Waals surface area contributed by atoms with Crippen molar-refractivity contribution in [2.75, 3.05) is 0 Å². The van der Waals surface area contributed by atoms with Gasteiger partial charge in [0.05, 0.1) is 0 Å². The largest absolute Gasteiger partial charge is 0.513 e. The zero-order valence-corrected chi connectivity index (χ0v) is 8.68. The van der Waals surface area contributed by atoms with Gasteiger partial charge in [-0.25, -0.2) is 0 Å². The van der Waals surface area contributed by atoms with Crippen LogP contribution in [0.4, 0.5) is 12.9 Å². The quantitative estimate of drug-likeness (QED) is 0.676. The van der Waals surface area contributed by atoms with Crippen LogP contribution in [-0.4, -0.2) is 16.8 Å². The Bertz CT molecular complexity index is 341. The zero-order chi connectivity index (χ0) is 11.1. The van der Waals surface area contributed by atoms with E-state index in [1.54, 1.807) is 0 Å². The molecule has 80 valence electrons. The molecule has 2 nitrogen and oxygen atoms in total. The van der Waals surface area contributed by atoms with Gasteiger partial charge in [-0.15, -0.1) is 0 Å². The van der Waals surface area contributed by atoms with Crippen molar-refractivity contribution in [1.82, 2.24) is 9.78 Å². The number of aromatic nitrogens is 2. The van der Waals surface area contributed by atoms with Crippen LogP contribution in [0.2, 0.25) is 0 Å². The molecule has 0 fully saturated rings. The summed E-state index contributed by atoms with van der Waals surface area (Å²) in [6.45, 7) is 1.54. The molecule has 0 saturated heterocycles. The van der Waals surface area contributed by atoms with Crippen LogP contribution in [0, 0.1) is 13.8 Å². The summed E-state index contributed by atoms with van der Waals surface area (Å²) >= 11 is 0. The fourth-order valence-corrected chi connectivity index (χ4v) is 1.65. The van der Waals surface area contributed by atoms with Crippen LogP contribution in [0.15, 0.2) is 0 Å². The molecule has 0 aliphatic rings. The van der Waals surface area contributed by atoms with Crippen molar-refractivity contribution in [1.29, 1.82) is 0 Å². The third-order valence-electron chi connectivity index (χ3n) is 2.20. The maximum Gasteiger partial charge on any atom is 0.513 e. The van der Waals surface area contributed by atoms with Crippen LogP contribution >= 0.6 is 0 Å². The first-order chi connectivity index (χ1) is 6.25. The highest BCUT2D eigenvalue weighted by molar-refractivity contribution is 6.74. The van der Waals surface area contributed by atoms with Gasteiger partial charge in [-0.2, -0.15) is 5.10 Å². The van der Waals surface area contributed by atoms with Gasteiger partial charge in [0, 0.05) is 17.4 Å². The predicted octanol–water partition coefficient (Wildman–Crippen LogP) is 2.14. The Morgan fingerprint density at radius 2 is 1.71 bits per heavy atom. The first-order valence-electron chi connectivity index (χ1n) is 4.50. The van der Waals surface area contributed by atoms with Crippen molar-refractivity contribution in [3.63, 3.8) is 0 Å². The van der Waals surface area contributed by atoms with Gasteiger partial charge in [0.1, 0.15) is 0 Å². The summed E-state index contributed by atoms with van der Waals surface area (Å²) in [6, 6.07) is -0.0411. The SMILES string of the molecule is Cc1nn(C(C)C)c(C)c1[B-](F)(F)F. The Morgan fingerprint density at radius 1 is 1.21 bits per heavy atom. The van der Waals surface area contributed by atoms with Gasteiger partial charge in [0.25, 0.3) is 0 Å². The number of nitrogens with zero attached hydrogens (tertiary/aromatic N) is 2. The monoisotopic (exact) mass is 205 g/mol. The summed E-state index contributed by atoms with van der Waals surface area (Å²) in [4.78, 5) is 0. The Kier molecular flexibility index (Phi) is 2.65. The molecular weight excluding hydrogens is 192 g/mol. The number of hydrogen-bond donors (Lipinski definition) is 0. The van der Waals surface area contributed by atoms with E-state index >= 15 is 0 Å². The van der Waals surface area contributed by atoms with Crippen molar-refractivity contribution >= 4 is 12.4 Å². The standard InChI is InChI=1S/C8H13BF3N2/c1-5(2)14-7(4)8(6(3)13-14)9(10,11)12/h5H,1-4H3/q-1. The molecule has 1 rings (SSSR count). The third kappa shape index (κ3) is 1.78. The van der Waals surface area contributed by atoms with Crippen molar-refractivity contribution in [3.8, 4) is 0 Å². The molecule has 0 amide bonds. The molecule has 6 heteroatoms. The van der Waals surface area contributed by atoms with Crippen molar-refractivity contribution < 1.29 is 12.9 Å². The molecule has 0 bridgehead atoms. The van der Waals surface area contributed by atoms with Crippen molar-refractivity contribution in [2.24, 2.45) is 0 Å². The molecule has 0 spiro atoms. The number of aryl methyl sites for hydroxylation is 1. The van der Waals surface area contributed by atoms with Crippen LogP contribution in [0.1, 0.15) is 31.3 Å². The maximum absolute atomic E-state index is 12.6. The van der Waals surface area contributed by atoms with Gasteiger partial charge in [-0.1, -0.05) is 5.46 Å². The van der Waals surface area contributed by atoms with Crippen LogP contribution in [0.25, 0.3) is 0 Å². The molecule has 1 aromatic heterocycles. The lowest BCUT2D eigenvalue weighted by molar-refractivity contribution is 0.497. The second-order valence-electron chi connectivity index (χ2n) is 3.70. The Balaban J connectivity index is 3.33. The van der Waals surface area contributed by atoms with Gasteiger partial charge in [-0.3, -0.25) is 4.68 Å². The molecule has 0 unspecified atom stereocenters. The molecule has 0 aromatic carbocycles. The van der Waals surface area contributed by atoms with Gasteiger partial charge >= 0.3 is 6.98 Å². The van der Waals surface area contributed by atoms with Crippen LogP contribution in [0.3, 0.4) is 0 Å². The topological polar surface area (TPSA) is 17.8 Å². The second kappa shape index (κ2) is 3.33. The summed E-state index contributed by atoms with van der Waals surface area (Å²) in [5.41, 5.74) is -0.257. The van der Waals surface area contributed by atoms with E-state index in [2.05, 4.69) is 5.10 Å². The number of rotatable bonds is 2. The lowest BCUT2D eigenvalue weighted by Gasteiger charge is -2.16. The Labute approximate surface area is 81.2 Å². The van der Waals surface area contributed by atoms with Gasteiger partial charge < -0.3 is 12.9 Å². The van der Waals surface area contributed by atoms with E-state index < -0.39 is 12.4 Å². The first-order valence-corrected chi connectivity index (χ1v) is 4.50. The molecule has 0 radical (unpaired) electrons. The molecular formula is C8H13BF3N2-. The Morgan fingerprint density at radius 3 is 1.93 bits per heavy atom. The highest BCUT2D eigenvalue weighted by Crippen LogP contribution is 2.16. The zero-order valence-electron chi connectivity index (χ0n) is 8.68. The lowest BCUT2D eigenvalue weighted by Crippen LogP contribution is -2.37. The normalized spacial score (nSPS) is 12.6. The van der Waals surface area contributed by atoms with E-state index in [-0.39, 0.29) is 17.4 Å². The molecule has 14 heavy (non-hydrogen) atoms. The third-order valence-corrected chi connectivity index (χ3v) is 2.20. The summed E-state index contributed by atoms with van der Waals surface area (Å²) in [5, 5.41) is 3.89. The van der Waals surface area contributed by atoms with E-state index in [0.717, 1.165) is 0 Å². The summed E-state index contributed by atoms with van der Waals surface area (Å²) in [6.07, 6.45) is 0. The minimum absolute atomic E-state index is 0.0411. The molecule has 0 saturated carbocycles. The molecule has 0 aliphatic carbocycles. The molecule has 0 atom stereocenters. The maximum atomic E-state index is 12.6. The van der Waals surface area contributed by atoms with Crippen LogP contribution < -0.4 is 5.46 Å². The summed E-state index contributed by atoms with van der Waals surface area (Å²) in [7, 11) is 0. The van der Waals surface area contributed by atoms with Crippen molar-refractivity contribution in [2.45, 2.75) is 33.7 Å². The molecule has 0 N–H and O–H groups in total.